The normalized spacial score (nSPS) is 10.7. The van der Waals surface area contributed by atoms with Crippen LogP contribution in [0.15, 0.2) is 41.5 Å². The van der Waals surface area contributed by atoms with Crippen LogP contribution in [0, 0.1) is 6.92 Å². The number of hydrogen-bond acceptors (Lipinski definition) is 6. The average molecular weight is 382 g/mol. The lowest BCUT2D eigenvalue weighted by molar-refractivity contribution is -0.121. The van der Waals surface area contributed by atoms with Crippen molar-refractivity contribution in [1.29, 1.82) is 0 Å². The molecule has 0 radical (unpaired) electrons. The zero-order chi connectivity index (χ0) is 20.1. The van der Waals surface area contributed by atoms with Gasteiger partial charge in [-0.2, -0.15) is 0 Å². The number of carbonyl (C=O) groups is 1. The van der Waals surface area contributed by atoms with E-state index in [0.717, 1.165) is 5.56 Å². The summed E-state index contributed by atoms with van der Waals surface area (Å²) in [5, 5.41) is 3.20. The van der Waals surface area contributed by atoms with Gasteiger partial charge in [-0.25, -0.2) is 4.98 Å². The maximum Gasteiger partial charge on any atom is 0.262 e. The summed E-state index contributed by atoms with van der Waals surface area (Å²) >= 11 is 0. The minimum absolute atomic E-state index is 0.0989. The second-order valence-corrected chi connectivity index (χ2v) is 6.23. The molecule has 8 nitrogen and oxygen atoms in total. The van der Waals surface area contributed by atoms with Crippen molar-refractivity contribution >= 4 is 16.8 Å². The number of aromatic nitrogens is 3. The number of fused-ring (bicyclic) bond motifs is 1. The molecule has 0 bridgehead atoms. The number of benzene rings is 1. The van der Waals surface area contributed by atoms with E-state index in [4.69, 9.17) is 9.47 Å². The van der Waals surface area contributed by atoms with Gasteiger partial charge in [-0.15, -0.1) is 0 Å². The van der Waals surface area contributed by atoms with E-state index in [-0.39, 0.29) is 18.0 Å². The van der Waals surface area contributed by atoms with Crippen molar-refractivity contribution in [3.63, 3.8) is 0 Å². The first-order chi connectivity index (χ1) is 13.5. The van der Waals surface area contributed by atoms with Crippen LogP contribution in [0.5, 0.6) is 11.5 Å². The lowest BCUT2D eigenvalue weighted by atomic mass is 10.2. The molecule has 146 valence electrons. The number of hydrogen-bond donors (Lipinski definition) is 1. The SMILES string of the molecule is COc1cc2nc(C)n(CC(=O)NCCc3ccncc3)c(=O)c2cc1OC. The van der Waals surface area contributed by atoms with Crippen molar-refractivity contribution in [3.05, 3.63) is 58.4 Å². The van der Waals surface area contributed by atoms with Crippen LogP contribution in [0.1, 0.15) is 11.4 Å². The number of pyridine rings is 1. The number of amides is 1. The predicted molar refractivity (Wildman–Crippen MR) is 105 cm³/mol. The smallest absolute Gasteiger partial charge is 0.262 e. The highest BCUT2D eigenvalue weighted by atomic mass is 16.5. The van der Waals surface area contributed by atoms with E-state index < -0.39 is 0 Å². The van der Waals surface area contributed by atoms with Crippen LogP contribution in [0.2, 0.25) is 0 Å². The predicted octanol–water partition coefficient (Wildman–Crippen LogP) is 1.48. The van der Waals surface area contributed by atoms with Gasteiger partial charge in [-0.1, -0.05) is 0 Å². The molecule has 0 saturated carbocycles. The van der Waals surface area contributed by atoms with Crippen LogP contribution < -0.4 is 20.3 Å². The third-order valence-corrected chi connectivity index (χ3v) is 4.44. The monoisotopic (exact) mass is 382 g/mol. The van der Waals surface area contributed by atoms with Crippen LogP contribution in [-0.2, 0) is 17.8 Å². The summed E-state index contributed by atoms with van der Waals surface area (Å²) < 4.78 is 11.9. The summed E-state index contributed by atoms with van der Waals surface area (Å²) in [6.07, 6.45) is 4.11. The lowest BCUT2D eigenvalue weighted by Crippen LogP contribution is -2.34. The standard InChI is InChI=1S/C20H22N4O4/c1-13-23-16-11-18(28-3)17(27-2)10-15(16)20(26)24(13)12-19(25)22-9-6-14-4-7-21-8-5-14/h4-5,7-8,10-11H,6,9,12H2,1-3H3,(H,22,25). The minimum atomic E-state index is -0.298. The Morgan fingerprint density at radius 2 is 1.82 bits per heavy atom. The molecule has 1 aromatic carbocycles. The first-order valence-corrected chi connectivity index (χ1v) is 8.82. The fourth-order valence-corrected chi connectivity index (χ4v) is 2.94. The Bertz CT molecular complexity index is 1050. The fourth-order valence-electron chi connectivity index (χ4n) is 2.94. The number of nitrogens with one attached hydrogen (secondary N) is 1. The molecule has 8 heteroatoms. The maximum atomic E-state index is 12.9. The quantitative estimate of drug-likeness (QED) is 0.665. The zero-order valence-corrected chi connectivity index (χ0v) is 16.1. The van der Waals surface area contributed by atoms with Crippen LogP contribution in [0.3, 0.4) is 0 Å². The summed E-state index contributed by atoms with van der Waals surface area (Å²) in [6.45, 7) is 2.07. The van der Waals surface area contributed by atoms with Crippen LogP contribution in [0.4, 0.5) is 0 Å². The number of carbonyl (C=O) groups excluding carboxylic acids is 1. The molecule has 2 aromatic heterocycles. The summed E-state index contributed by atoms with van der Waals surface area (Å²) in [4.78, 5) is 33.6. The van der Waals surface area contributed by atoms with E-state index in [1.54, 1.807) is 31.5 Å². The molecular formula is C20H22N4O4. The Kier molecular flexibility index (Phi) is 5.88. The second kappa shape index (κ2) is 8.51. The topological polar surface area (TPSA) is 95.3 Å². The van der Waals surface area contributed by atoms with Gasteiger partial charge < -0.3 is 14.8 Å². The highest BCUT2D eigenvalue weighted by Gasteiger charge is 2.15. The number of rotatable bonds is 7. The van der Waals surface area contributed by atoms with E-state index >= 15 is 0 Å². The van der Waals surface area contributed by atoms with Gasteiger partial charge in [0.2, 0.25) is 5.91 Å². The van der Waals surface area contributed by atoms with Crippen molar-refractivity contribution in [2.24, 2.45) is 0 Å². The Balaban J connectivity index is 1.78. The van der Waals surface area contributed by atoms with Crippen molar-refractivity contribution in [2.45, 2.75) is 19.9 Å². The Morgan fingerprint density at radius 3 is 2.50 bits per heavy atom. The third-order valence-electron chi connectivity index (χ3n) is 4.44. The molecule has 0 aliphatic rings. The zero-order valence-electron chi connectivity index (χ0n) is 16.1. The van der Waals surface area contributed by atoms with Crippen LogP contribution in [-0.4, -0.2) is 41.2 Å². The van der Waals surface area contributed by atoms with E-state index in [1.807, 2.05) is 12.1 Å². The Labute approximate surface area is 162 Å². The fraction of sp³-hybridized carbons (Fsp3) is 0.300. The number of aryl methyl sites for hydroxylation is 1. The van der Waals surface area contributed by atoms with Gasteiger partial charge in [-0.3, -0.25) is 19.1 Å². The molecular weight excluding hydrogens is 360 g/mol. The highest BCUT2D eigenvalue weighted by molar-refractivity contribution is 5.82. The Morgan fingerprint density at radius 1 is 1.14 bits per heavy atom. The van der Waals surface area contributed by atoms with Gasteiger partial charge in [-0.05, 0) is 37.1 Å². The van der Waals surface area contributed by atoms with E-state index in [2.05, 4.69) is 15.3 Å². The Hall–Kier alpha value is -3.42. The molecule has 28 heavy (non-hydrogen) atoms. The van der Waals surface area contributed by atoms with E-state index in [0.29, 0.717) is 41.2 Å². The first kappa shape index (κ1) is 19.3. The molecule has 0 fully saturated rings. The van der Waals surface area contributed by atoms with E-state index in [9.17, 15) is 9.59 Å². The third kappa shape index (κ3) is 4.11. The van der Waals surface area contributed by atoms with Gasteiger partial charge in [0.25, 0.3) is 5.56 Å². The van der Waals surface area contributed by atoms with Gasteiger partial charge in [0.15, 0.2) is 11.5 Å². The van der Waals surface area contributed by atoms with Gasteiger partial charge in [0.05, 0.1) is 25.1 Å². The largest absolute Gasteiger partial charge is 0.493 e. The van der Waals surface area contributed by atoms with Crippen LogP contribution >= 0.6 is 0 Å². The molecule has 0 spiro atoms. The van der Waals surface area contributed by atoms with Crippen molar-refractivity contribution in [3.8, 4) is 11.5 Å². The van der Waals surface area contributed by atoms with Gasteiger partial charge in [0.1, 0.15) is 12.4 Å². The molecule has 0 unspecified atom stereocenters. The summed E-state index contributed by atoms with van der Waals surface area (Å²) in [6, 6.07) is 7.04. The minimum Gasteiger partial charge on any atom is -0.493 e. The molecule has 0 aliphatic carbocycles. The van der Waals surface area contributed by atoms with E-state index in [1.165, 1.54) is 18.8 Å². The lowest BCUT2D eigenvalue weighted by Gasteiger charge is -2.13. The molecule has 1 amide bonds. The molecule has 1 N–H and O–H groups in total. The summed E-state index contributed by atoms with van der Waals surface area (Å²) in [5.41, 5.74) is 1.28. The molecule has 0 aliphatic heterocycles. The van der Waals surface area contributed by atoms with Crippen molar-refractivity contribution < 1.29 is 14.3 Å². The molecule has 2 heterocycles. The molecule has 3 aromatic rings. The highest BCUT2D eigenvalue weighted by Crippen LogP contribution is 2.30. The van der Waals surface area contributed by atoms with Gasteiger partial charge >= 0.3 is 0 Å². The summed E-state index contributed by atoms with van der Waals surface area (Å²) in [5.74, 6) is 1.13. The van der Waals surface area contributed by atoms with Crippen molar-refractivity contribution in [1.82, 2.24) is 19.9 Å². The van der Waals surface area contributed by atoms with Gasteiger partial charge in [0, 0.05) is 25.0 Å². The van der Waals surface area contributed by atoms with Crippen LogP contribution in [0.25, 0.3) is 10.9 Å². The molecule has 0 saturated heterocycles. The second-order valence-electron chi connectivity index (χ2n) is 6.23. The molecule has 3 rings (SSSR count). The number of nitrogens with zero attached hydrogens (tertiary/aromatic N) is 3. The number of methoxy groups -OCH3 is 2. The number of ether oxygens (including phenoxy) is 2. The maximum absolute atomic E-state index is 12.9. The molecule has 0 atom stereocenters. The van der Waals surface area contributed by atoms with Crippen molar-refractivity contribution in [2.75, 3.05) is 20.8 Å². The first-order valence-electron chi connectivity index (χ1n) is 8.82. The average Bonchev–Trinajstić information content (AvgIpc) is 2.71. The summed E-state index contributed by atoms with van der Waals surface area (Å²) in [7, 11) is 3.02.